The number of hydrogen-bond acceptors (Lipinski definition) is 1. The predicted molar refractivity (Wildman–Crippen MR) is 74.0 cm³/mol. The molecule has 1 aliphatic carbocycles. The predicted octanol–water partition coefficient (Wildman–Crippen LogP) is 4.67. The molecule has 0 aliphatic heterocycles. The van der Waals surface area contributed by atoms with Gasteiger partial charge in [0.1, 0.15) is 11.6 Å². The molecule has 0 unspecified atom stereocenters. The Hall–Kier alpha value is -0.700. The summed E-state index contributed by atoms with van der Waals surface area (Å²) in [5.74, 6) is 0.0695. The van der Waals surface area contributed by atoms with Gasteiger partial charge in [0.2, 0.25) is 0 Å². The zero-order valence-electron chi connectivity index (χ0n) is 10.4. The average molecular weight is 313 g/mol. The second-order valence-corrected chi connectivity index (χ2v) is 5.98. The van der Waals surface area contributed by atoms with Crippen molar-refractivity contribution in [2.45, 2.75) is 44.9 Å². The van der Waals surface area contributed by atoms with Gasteiger partial charge in [0.15, 0.2) is 0 Å². The van der Waals surface area contributed by atoms with Crippen molar-refractivity contribution >= 4 is 21.7 Å². The van der Waals surface area contributed by atoms with Gasteiger partial charge in [-0.1, -0.05) is 47.7 Å². The molecular formula is C15H18BrFO. The molecule has 0 bridgehead atoms. The van der Waals surface area contributed by atoms with E-state index in [0.717, 1.165) is 25.7 Å². The molecule has 18 heavy (non-hydrogen) atoms. The first kappa shape index (κ1) is 13.7. The van der Waals surface area contributed by atoms with Crippen molar-refractivity contribution in [1.82, 2.24) is 0 Å². The van der Waals surface area contributed by atoms with Gasteiger partial charge in [0.25, 0.3) is 0 Å². The molecule has 1 aliphatic rings. The van der Waals surface area contributed by atoms with Crippen LogP contribution in [0.4, 0.5) is 4.39 Å². The Morgan fingerprint density at radius 1 is 1.22 bits per heavy atom. The van der Waals surface area contributed by atoms with E-state index >= 15 is 0 Å². The lowest BCUT2D eigenvalue weighted by atomic mass is 9.91. The number of halogens is 2. The van der Waals surface area contributed by atoms with Gasteiger partial charge in [-0.3, -0.25) is 4.79 Å². The summed E-state index contributed by atoms with van der Waals surface area (Å²) in [5, 5.41) is 0. The zero-order valence-corrected chi connectivity index (χ0v) is 12.0. The van der Waals surface area contributed by atoms with Crippen LogP contribution in [0.25, 0.3) is 0 Å². The monoisotopic (exact) mass is 312 g/mol. The topological polar surface area (TPSA) is 17.1 Å². The van der Waals surface area contributed by atoms with Crippen LogP contribution in [0.2, 0.25) is 0 Å². The van der Waals surface area contributed by atoms with Crippen molar-refractivity contribution < 1.29 is 9.18 Å². The van der Waals surface area contributed by atoms with E-state index in [0.29, 0.717) is 10.0 Å². The van der Waals surface area contributed by atoms with Gasteiger partial charge < -0.3 is 0 Å². The van der Waals surface area contributed by atoms with Gasteiger partial charge >= 0.3 is 0 Å². The van der Waals surface area contributed by atoms with E-state index in [1.807, 2.05) is 0 Å². The van der Waals surface area contributed by atoms with E-state index < -0.39 is 0 Å². The first-order chi connectivity index (χ1) is 8.66. The maximum atomic E-state index is 13.7. The highest BCUT2D eigenvalue weighted by Gasteiger charge is 2.21. The molecule has 0 heterocycles. The fraction of sp³-hybridized carbons (Fsp3) is 0.533. The van der Waals surface area contributed by atoms with Gasteiger partial charge in [-0.15, -0.1) is 0 Å². The lowest BCUT2D eigenvalue weighted by molar-refractivity contribution is -0.122. The minimum atomic E-state index is -0.286. The zero-order chi connectivity index (χ0) is 13.0. The summed E-state index contributed by atoms with van der Waals surface area (Å²) in [4.78, 5) is 12.2. The molecule has 0 spiro atoms. The van der Waals surface area contributed by atoms with Crippen LogP contribution in [0.15, 0.2) is 22.7 Å². The van der Waals surface area contributed by atoms with Gasteiger partial charge in [0.05, 0.1) is 0 Å². The maximum absolute atomic E-state index is 13.7. The molecule has 0 amide bonds. The van der Waals surface area contributed by atoms with Crippen molar-refractivity contribution in [2.24, 2.45) is 5.92 Å². The average Bonchev–Trinajstić information content (AvgIpc) is 2.61. The highest BCUT2D eigenvalue weighted by Crippen LogP contribution is 2.25. The number of rotatable bonds is 3. The van der Waals surface area contributed by atoms with Crippen LogP contribution >= 0.6 is 15.9 Å². The summed E-state index contributed by atoms with van der Waals surface area (Å²) >= 11 is 3.22. The lowest BCUT2D eigenvalue weighted by Crippen LogP contribution is -2.16. The summed E-state index contributed by atoms with van der Waals surface area (Å²) in [6.45, 7) is 0. The molecule has 1 saturated carbocycles. The Bertz CT molecular complexity index is 423. The van der Waals surface area contributed by atoms with Crippen LogP contribution in [-0.2, 0) is 11.2 Å². The molecule has 0 N–H and O–H groups in total. The van der Waals surface area contributed by atoms with Crippen LogP contribution in [0.1, 0.15) is 44.1 Å². The molecular weight excluding hydrogens is 295 g/mol. The number of hydrogen-bond donors (Lipinski definition) is 0. The molecule has 0 radical (unpaired) electrons. The Morgan fingerprint density at radius 3 is 2.50 bits per heavy atom. The number of Topliss-reactive ketones (excluding diaryl/α,β-unsaturated/α-hetero) is 1. The summed E-state index contributed by atoms with van der Waals surface area (Å²) in [6, 6.07) is 4.92. The summed E-state index contributed by atoms with van der Waals surface area (Å²) in [6.07, 6.45) is 6.95. The Kier molecular flexibility index (Phi) is 4.93. The quantitative estimate of drug-likeness (QED) is 0.741. The molecule has 3 heteroatoms. The number of carbonyl (C=O) groups excluding carboxylic acids is 1. The van der Waals surface area contributed by atoms with E-state index in [4.69, 9.17) is 0 Å². The third-order valence-electron chi connectivity index (χ3n) is 3.69. The van der Waals surface area contributed by atoms with E-state index in [2.05, 4.69) is 15.9 Å². The maximum Gasteiger partial charge on any atom is 0.140 e. The van der Waals surface area contributed by atoms with Crippen molar-refractivity contribution in [3.63, 3.8) is 0 Å². The smallest absolute Gasteiger partial charge is 0.140 e. The van der Waals surface area contributed by atoms with Crippen molar-refractivity contribution in [3.8, 4) is 0 Å². The highest BCUT2D eigenvalue weighted by atomic mass is 79.9. The molecule has 1 fully saturated rings. The normalized spacial score (nSPS) is 17.4. The molecule has 0 saturated heterocycles. The Balaban J connectivity index is 2.01. The molecule has 1 aromatic rings. The first-order valence-electron chi connectivity index (χ1n) is 6.63. The van der Waals surface area contributed by atoms with Crippen LogP contribution in [0.3, 0.4) is 0 Å². The summed E-state index contributed by atoms with van der Waals surface area (Å²) < 4.78 is 14.4. The largest absolute Gasteiger partial charge is 0.299 e. The fourth-order valence-electron chi connectivity index (χ4n) is 2.60. The number of carbonyl (C=O) groups is 1. The number of ketones is 1. The lowest BCUT2D eigenvalue weighted by Gasteiger charge is -2.13. The minimum absolute atomic E-state index is 0.149. The molecule has 2 rings (SSSR count). The van der Waals surface area contributed by atoms with Crippen LogP contribution in [-0.4, -0.2) is 5.78 Å². The Morgan fingerprint density at radius 2 is 1.89 bits per heavy atom. The van der Waals surface area contributed by atoms with E-state index in [1.165, 1.54) is 18.9 Å². The summed E-state index contributed by atoms with van der Waals surface area (Å²) in [7, 11) is 0. The van der Waals surface area contributed by atoms with Gasteiger partial charge in [0, 0.05) is 16.8 Å². The molecule has 0 aromatic heterocycles. The molecule has 98 valence electrons. The molecule has 0 atom stereocenters. The van der Waals surface area contributed by atoms with Gasteiger partial charge in [-0.05, 0) is 30.5 Å². The van der Waals surface area contributed by atoms with Crippen LogP contribution in [0.5, 0.6) is 0 Å². The highest BCUT2D eigenvalue weighted by molar-refractivity contribution is 9.10. The van der Waals surface area contributed by atoms with E-state index in [1.54, 1.807) is 12.1 Å². The van der Waals surface area contributed by atoms with Crippen molar-refractivity contribution in [2.75, 3.05) is 0 Å². The second-order valence-electron chi connectivity index (χ2n) is 5.07. The van der Waals surface area contributed by atoms with Crippen molar-refractivity contribution in [1.29, 1.82) is 0 Å². The van der Waals surface area contributed by atoms with Crippen molar-refractivity contribution in [3.05, 3.63) is 34.1 Å². The fourth-order valence-corrected chi connectivity index (χ4v) is 2.93. The van der Waals surface area contributed by atoms with E-state index in [9.17, 15) is 9.18 Å². The third-order valence-corrected chi connectivity index (χ3v) is 4.18. The van der Waals surface area contributed by atoms with E-state index in [-0.39, 0.29) is 23.9 Å². The standard InChI is InChI=1S/C15H18BrFO/c16-13-8-7-12(14(17)10-13)9-15(18)11-5-3-1-2-4-6-11/h7-8,10-11H,1-6,9H2. The molecule has 1 aromatic carbocycles. The van der Waals surface area contributed by atoms with Gasteiger partial charge in [-0.25, -0.2) is 4.39 Å². The van der Waals surface area contributed by atoms with Gasteiger partial charge in [-0.2, -0.15) is 0 Å². The first-order valence-corrected chi connectivity index (χ1v) is 7.43. The Labute approximate surface area is 116 Å². The SMILES string of the molecule is O=C(Cc1ccc(Br)cc1F)C1CCCCCC1. The van der Waals surface area contributed by atoms with Crippen LogP contribution in [0, 0.1) is 11.7 Å². The second kappa shape index (κ2) is 6.46. The summed E-state index contributed by atoms with van der Waals surface area (Å²) in [5.41, 5.74) is 0.521. The van der Waals surface area contributed by atoms with Crippen LogP contribution < -0.4 is 0 Å². The third kappa shape index (κ3) is 3.64. The molecule has 1 nitrogen and oxygen atoms in total. The number of benzene rings is 1. The minimum Gasteiger partial charge on any atom is -0.299 e.